The number of nitrogens with one attached hydrogen (secondary N) is 2. The highest BCUT2D eigenvalue weighted by Gasteiger charge is 2.54. The van der Waals surface area contributed by atoms with Crippen molar-refractivity contribution in [2.75, 3.05) is 81.9 Å². The molecule has 1 spiro atoms. The Morgan fingerprint density at radius 3 is 2.18 bits per heavy atom. The van der Waals surface area contributed by atoms with Gasteiger partial charge in [0.2, 0.25) is 5.91 Å². The van der Waals surface area contributed by atoms with Crippen LogP contribution in [0.4, 0.5) is 11.4 Å². The summed E-state index contributed by atoms with van der Waals surface area (Å²) in [4.78, 5) is 43.4. The van der Waals surface area contributed by atoms with E-state index in [1.807, 2.05) is 42.5 Å². The first-order chi connectivity index (χ1) is 24.9. The topological polar surface area (TPSA) is 119 Å². The van der Waals surface area contributed by atoms with E-state index < -0.39 is 11.6 Å². The Hall–Kier alpha value is -4.32. The van der Waals surface area contributed by atoms with Crippen LogP contribution in [0.25, 0.3) is 0 Å². The van der Waals surface area contributed by atoms with Gasteiger partial charge in [-0.25, -0.2) is 4.79 Å². The first-order valence-corrected chi connectivity index (χ1v) is 18.5. The van der Waals surface area contributed by atoms with E-state index in [0.29, 0.717) is 85.7 Å². The summed E-state index contributed by atoms with van der Waals surface area (Å²) in [6, 6.07) is 17.1. The number of anilines is 2. The Morgan fingerprint density at radius 2 is 1.51 bits per heavy atom. The van der Waals surface area contributed by atoms with Gasteiger partial charge in [-0.15, -0.1) is 11.6 Å². The fraction of sp³-hybridized carbons (Fsp3) is 0.462. The van der Waals surface area contributed by atoms with Gasteiger partial charge in [-0.1, -0.05) is 18.9 Å². The number of alkyl halides is 1. The second-order valence-corrected chi connectivity index (χ2v) is 13.8. The lowest BCUT2D eigenvalue weighted by atomic mass is 9.77. The number of carbonyl (C=O) groups is 3. The molecule has 2 saturated heterocycles. The number of carbonyl (C=O) groups excluding carboxylic acids is 3. The van der Waals surface area contributed by atoms with Crippen LogP contribution in [0.3, 0.4) is 0 Å². The van der Waals surface area contributed by atoms with Gasteiger partial charge in [0, 0.05) is 98.0 Å². The number of hydrogen-bond acceptors (Lipinski definition) is 9. The number of ether oxygens (including phenoxy) is 4. The van der Waals surface area contributed by atoms with Gasteiger partial charge < -0.3 is 39.4 Å². The van der Waals surface area contributed by atoms with Crippen LogP contribution in [0.1, 0.15) is 69.5 Å². The molecule has 4 aliphatic rings. The minimum absolute atomic E-state index is 0.0315. The summed E-state index contributed by atoms with van der Waals surface area (Å²) >= 11 is 5.70. The summed E-state index contributed by atoms with van der Waals surface area (Å²) in [5, 5.41) is 5.61. The van der Waals surface area contributed by atoms with Crippen LogP contribution in [0.5, 0.6) is 11.5 Å². The Bertz CT molecular complexity index is 1780. The number of halogens is 1. The number of rotatable bonds is 16. The lowest BCUT2D eigenvalue weighted by Crippen LogP contribution is -2.53. The number of fused-ring (bicyclic) bond motifs is 6. The summed E-state index contributed by atoms with van der Waals surface area (Å²) < 4.78 is 24.2. The molecular formula is C39H45ClN4O7. The van der Waals surface area contributed by atoms with Crippen LogP contribution < -0.4 is 25.2 Å². The van der Waals surface area contributed by atoms with E-state index in [-0.39, 0.29) is 17.7 Å². The third-order valence-corrected chi connectivity index (χ3v) is 10.5. The van der Waals surface area contributed by atoms with Crippen LogP contribution in [0, 0.1) is 5.92 Å². The highest BCUT2D eigenvalue weighted by molar-refractivity contribution is 6.17. The molecule has 0 radical (unpaired) electrons. The molecule has 3 aromatic carbocycles. The third kappa shape index (κ3) is 6.99. The zero-order valence-electron chi connectivity index (χ0n) is 29.0. The van der Waals surface area contributed by atoms with Crippen LogP contribution >= 0.6 is 11.6 Å². The summed E-state index contributed by atoms with van der Waals surface area (Å²) in [5.41, 5.74) is 3.51. The van der Waals surface area contributed by atoms with E-state index >= 15 is 0 Å². The standard InChI is InChI=1S/C39H45ClN4O7/c1-41-36(45)27-24-44(25-27)29-9-12-33-35(23-29)50-34-22-28(43-15-6-16-43)8-11-32(34)39(33)31-10-7-26(21-30(31)38(47)51-39)37(46)42-14-18-49-20-19-48-17-5-3-2-4-13-40/h7-12,21-23,27H,2-6,13-20,24-25H2,1H3,(H,41,45)(H,42,46). The molecule has 11 nitrogen and oxygen atoms in total. The SMILES string of the molecule is CNC(=O)C1CN(c2ccc3c(c2)Oc2cc(N4CCC4)ccc2C32OC(=O)c3cc(C(=O)NCCOCCOCCCCCCCl)ccc32)C1. The molecule has 270 valence electrons. The van der Waals surface area contributed by atoms with Crippen molar-refractivity contribution >= 4 is 40.8 Å². The number of esters is 1. The van der Waals surface area contributed by atoms with Crippen molar-refractivity contribution in [1.29, 1.82) is 0 Å². The number of amides is 2. The van der Waals surface area contributed by atoms with Gasteiger partial charge in [-0.05, 0) is 55.7 Å². The van der Waals surface area contributed by atoms with Crippen LogP contribution in [0.15, 0.2) is 54.6 Å². The number of hydrogen-bond donors (Lipinski definition) is 2. The lowest BCUT2D eigenvalue weighted by molar-refractivity contribution is -0.125. The third-order valence-electron chi connectivity index (χ3n) is 10.2. The summed E-state index contributed by atoms with van der Waals surface area (Å²) in [6.07, 6.45) is 5.42. The van der Waals surface area contributed by atoms with Crippen LogP contribution in [0.2, 0.25) is 0 Å². The lowest BCUT2D eigenvalue weighted by Gasteiger charge is -2.41. The molecule has 2 fully saturated rings. The minimum atomic E-state index is -1.25. The van der Waals surface area contributed by atoms with Gasteiger partial charge in [0.05, 0.1) is 31.3 Å². The zero-order chi connectivity index (χ0) is 35.4. The average molecular weight is 717 g/mol. The van der Waals surface area contributed by atoms with E-state index in [4.69, 9.17) is 30.5 Å². The Balaban J connectivity index is 1.06. The van der Waals surface area contributed by atoms with Crippen LogP contribution in [-0.4, -0.2) is 89.9 Å². The fourth-order valence-corrected chi connectivity index (χ4v) is 7.38. The smallest absolute Gasteiger partial charge is 0.340 e. The quantitative estimate of drug-likeness (QED) is 0.117. The molecule has 1 atom stereocenters. The second-order valence-electron chi connectivity index (χ2n) is 13.4. The van der Waals surface area contributed by atoms with Crippen molar-refractivity contribution in [3.8, 4) is 11.5 Å². The van der Waals surface area contributed by atoms with Crippen molar-refractivity contribution in [2.45, 2.75) is 37.7 Å². The normalized spacial score (nSPS) is 18.6. The van der Waals surface area contributed by atoms with Gasteiger partial charge in [0.1, 0.15) is 11.5 Å². The molecule has 0 bridgehead atoms. The maximum atomic E-state index is 13.7. The highest BCUT2D eigenvalue weighted by atomic mass is 35.5. The molecular weight excluding hydrogens is 672 g/mol. The maximum Gasteiger partial charge on any atom is 0.340 e. The second kappa shape index (κ2) is 15.5. The molecule has 0 aromatic heterocycles. The molecule has 4 aliphatic heterocycles. The van der Waals surface area contributed by atoms with E-state index in [0.717, 1.165) is 62.1 Å². The molecule has 2 N–H and O–H groups in total. The molecule has 2 amide bonds. The predicted molar refractivity (Wildman–Crippen MR) is 194 cm³/mol. The molecule has 4 heterocycles. The minimum Gasteiger partial charge on any atom is -0.456 e. The number of benzene rings is 3. The zero-order valence-corrected chi connectivity index (χ0v) is 29.8. The largest absolute Gasteiger partial charge is 0.456 e. The predicted octanol–water partition coefficient (Wildman–Crippen LogP) is 5.21. The van der Waals surface area contributed by atoms with Crippen molar-refractivity contribution in [3.63, 3.8) is 0 Å². The van der Waals surface area contributed by atoms with Gasteiger partial charge in [-0.3, -0.25) is 9.59 Å². The molecule has 0 aliphatic carbocycles. The van der Waals surface area contributed by atoms with E-state index in [9.17, 15) is 14.4 Å². The van der Waals surface area contributed by atoms with Crippen molar-refractivity contribution in [1.82, 2.24) is 10.6 Å². The monoisotopic (exact) mass is 716 g/mol. The van der Waals surface area contributed by atoms with Crippen LogP contribution in [-0.2, 0) is 24.6 Å². The van der Waals surface area contributed by atoms with Gasteiger partial charge >= 0.3 is 5.97 Å². The Kier molecular flexibility index (Phi) is 10.7. The Labute approximate surface area is 303 Å². The number of unbranched alkanes of at least 4 members (excludes halogenated alkanes) is 3. The molecule has 1 unspecified atom stereocenters. The van der Waals surface area contributed by atoms with Gasteiger partial charge in [-0.2, -0.15) is 0 Å². The van der Waals surface area contributed by atoms with Crippen molar-refractivity contribution < 1.29 is 33.3 Å². The Morgan fingerprint density at radius 1 is 0.843 bits per heavy atom. The summed E-state index contributed by atoms with van der Waals surface area (Å²) in [7, 11) is 1.65. The maximum absolute atomic E-state index is 13.7. The molecule has 0 saturated carbocycles. The first-order valence-electron chi connectivity index (χ1n) is 18.0. The van der Waals surface area contributed by atoms with Gasteiger partial charge in [0.25, 0.3) is 5.91 Å². The van der Waals surface area contributed by atoms with E-state index in [1.54, 1.807) is 19.2 Å². The highest BCUT2D eigenvalue weighted by Crippen LogP contribution is 2.57. The summed E-state index contributed by atoms with van der Waals surface area (Å²) in [6.45, 7) is 5.51. The first kappa shape index (κ1) is 35.1. The molecule has 12 heteroatoms. The summed E-state index contributed by atoms with van der Waals surface area (Å²) in [5.74, 6) is 1.06. The molecule has 51 heavy (non-hydrogen) atoms. The van der Waals surface area contributed by atoms with E-state index in [1.165, 1.54) is 0 Å². The molecule has 3 aromatic rings. The van der Waals surface area contributed by atoms with Gasteiger partial charge in [0.15, 0.2) is 5.60 Å². The van der Waals surface area contributed by atoms with E-state index in [2.05, 4.69) is 20.4 Å². The van der Waals surface area contributed by atoms with Crippen molar-refractivity contribution in [3.05, 3.63) is 82.4 Å². The fourth-order valence-electron chi connectivity index (χ4n) is 7.19. The number of nitrogens with zero attached hydrogens (tertiary/aromatic N) is 2. The molecule has 7 rings (SSSR count). The average Bonchev–Trinajstić information content (AvgIpc) is 3.38. The van der Waals surface area contributed by atoms with Crippen molar-refractivity contribution in [2.24, 2.45) is 5.92 Å².